The van der Waals surface area contributed by atoms with Gasteiger partial charge in [-0.15, -0.1) is 12.4 Å². The fraction of sp³-hybridized carbons (Fsp3) is 0.500. The minimum absolute atomic E-state index is 0. The van der Waals surface area contributed by atoms with E-state index < -0.39 is 0 Å². The number of carbonyl (C=O) groups is 2. The molecule has 1 heterocycles. The van der Waals surface area contributed by atoms with Crippen LogP contribution in [-0.4, -0.2) is 50.8 Å². The summed E-state index contributed by atoms with van der Waals surface area (Å²) in [4.78, 5) is 22.8. The van der Waals surface area contributed by atoms with Crippen LogP contribution in [0, 0.1) is 0 Å². The van der Waals surface area contributed by atoms with Gasteiger partial charge in [0.05, 0.1) is 19.8 Å². The molecule has 0 radical (unpaired) electrons. The predicted octanol–water partition coefficient (Wildman–Crippen LogP) is 0.940. The van der Waals surface area contributed by atoms with Gasteiger partial charge in [-0.1, -0.05) is 6.07 Å². The van der Waals surface area contributed by atoms with Crippen molar-refractivity contribution >= 4 is 29.9 Å². The summed E-state index contributed by atoms with van der Waals surface area (Å²) >= 11 is 0. The number of hydrogen-bond donors (Lipinski definition) is 3. The highest BCUT2D eigenvalue weighted by Crippen LogP contribution is 2.16. The average molecular weight is 358 g/mol. The lowest BCUT2D eigenvalue weighted by molar-refractivity contribution is -0.122. The molecular formula is C16H24ClN3O4. The summed E-state index contributed by atoms with van der Waals surface area (Å²) in [5.41, 5.74) is 0.683. The predicted molar refractivity (Wildman–Crippen MR) is 93.7 cm³/mol. The summed E-state index contributed by atoms with van der Waals surface area (Å²) in [5, 5.41) is 8.75. The molecule has 1 atom stereocenters. The molecule has 1 aliphatic heterocycles. The number of anilines is 1. The summed E-state index contributed by atoms with van der Waals surface area (Å²) < 4.78 is 10.9. The van der Waals surface area contributed by atoms with Crippen LogP contribution >= 0.6 is 12.4 Å². The zero-order valence-electron chi connectivity index (χ0n) is 13.7. The van der Waals surface area contributed by atoms with Crippen LogP contribution in [0.1, 0.15) is 13.3 Å². The van der Waals surface area contributed by atoms with Crippen LogP contribution in [0.25, 0.3) is 0 Å². The Bertz CT molecular complexity index is 536. The van der Waals surface area contributed by atoms with Crippen molar-refractivity contribution in [2.24, 2.45) is 0 Å². The molecule has 134 valence electrons. The third kappa shape index (κ3) is 7.63. The monoisotopic (exact) mass is 357 g/mol. The van der Waals surface area contributed by atoms with Crippen molar-refractivity contribution in [3.8, 4) is 5.75 Å². The van der Waals surface area contributed by atoms with Gasteiger partial charge in [-0.25, -0.2) is 0 Å². The number of nitrogens with one attached hydrogen (secondary N) is 3. The third-order valence-electron chi connectivity index (χ3n) is 3.28. The minimum atomic E-state index is -0.130. The molecule has 3 N–H and O–H groups in total. The number of ether oxygens (including phenoxy) is 2. The second-order valence-corrected chi connectivity index (χ2v) is 5.34. The van der Waals surface area contributed by atoms with Gasteiger partial charge in [-0.3, -0.25) is 9.59 Å². The molecule has 1 saturated heterocycles. The van der Waals surface area contributed by atoms with Crippen molar-refractivity contribution in [2.45, 2.75) is 19.4 Å². The van der Waals surface area contributed by atoms with Gasteiger partial charge in [0.1, 0.15) is 12.4 Å². The number of benzene rings is 1. The van der Waals surface area contributed by atoms with Crippen LogP contribution in [0.2, 0.25) is 0 Å². The molecule has 1 aromatic carbocycles. The zero-order chi connectivity index (χ0) is 16.5. The van der Waals surface area contributed by atoms with E-state index in [1.807, 2.05) is 0 Å². The molecule has 1 fully saturated rings. The number of rotatable bonds is 7. The van der Waals surface area contributed by atoms with E-state index in [2.05, 4.69) is 16.0 Å². The summed E-state index contributed by atoms with van der Waals surface area (Å²) in [5.74, 6) is 0.492. The van der Waals surface area contributed by atoms with Crippen molar-refractivity contribution in [1.29, 1.82) is 0 Å². The molecule has 8 heteroatoms. The van der Waals surface area contributed by atoms with Gasteiger partial charge in [0.25, 0.3) is 0 Å². The Kier molecular flexibility index (Phi) is 9.14. The number of amides is 2. The van der Waals surface area contributed by atoms with E-state index in [9.17, 15) is 9.59 Å². The number of hydrogen-bond acceptors (Lipinski definition) is 5. The first kappa shape index (κ1) is 20.2. The number of halogens is 1. The van der Waals surface area contributed by atoms with Crippen molar-refractivity contribution in [2.75, 3.05) is 38.2 Å². The Balaban J connectivity index is 0.00000288. The van der Waals surface area contributed by atoms with E-state index >= 15 is 0 Å². The fourth-order valence-corrected chi connectivity index (χ4v) is 2.27. The summed E-state index contributed by atoms with van der Waals surface area (Å²) in [6.45, 7) is 4.30. The SMILES string of the molecule is CC(=O)Nc1cccc(OCCNC(=O)CC2COCCN2)c1.Cl. The molecule has 24 heavy (non-hydrogen) atoms. The second-order valence-electron chi connectivity index (χ2n) is 5.34. The molecular weight excluding hydrogens is 334 g/mol. The first-order valence-electron chi connectivity index (χ1n) is 7.72. The smallest absolute Gasteiger partial charge is 0.221 e. The van der Waals surface area contributed by atoms with Crippen molar-refractivity contribution in [1.82, 2.24) is 10.6 Å². The van der Waals surface area contributed by atoms with Gasteiger partial charge in [-0.2, -0.15) is 0 Å². The van der Waals surface area contributed by atoms with Crippen molar-refractivity contribution in [3.63, 3.8) is 0 Å². The Hall–Kier alpha value is -1.83. The first-order chi connectivity index (χ1) is 11.1. The van der Waals surface area contributed by atoms with Crippen LogP contribution in [0.15, 0.2) is 24.3 Å². The fourth-order valence-electron chi connectivity index (χ4n) is 2.27. The van der Waals surface area contributed by atoms with Gasteiger partial charge in [-0.05, 0) is 12.1 Å². The molecule has 0 spiro atoms. The van der Waals surface area contributed by atoms with Gasteiger partial charge in [0.2, 0.25) is 11.8 Å². The van der Waals surface area contributed by atoms with E-state index in [0.717, 1.165) is 6.54 Å². The van der Waals surface area contributed by atoms with Gasteiger partial charge >= 0.3 is 0 Å². The maximum Gasteiger partial charge on any atom is 0.221 e. The molecule has 1 aromatic rings. The molecule has 7 nitrogen and oxygen atoms in total. The molecule has 1 aliphatic rings. The molecule has 0 saturated carbocycles. The van der Waals surface area contributed by atoms with Crippen LogP contribution < -0.4 is 20.7 Å². The van der Waals surface area contributed by atoms with Crippen molar-refractivity contribution < 1.29 is 19.1 Å². The lowest BCUT2D eigenvalue weighted by atomic mass is 10.2. The topological polar surface area (TPSA) is 88.7 Å². The minimum Gasteiger partial charge on any atom is -0.492 e. The van der Waals surface area contributed by atoms with Crippen LogP contribution in [0.3, 0.4) is 0 Å². The molecule has 0 aliphatic carbocycles. The lowest BCUT2D eigenvalue weighted by Crippen LogP contribution is -2.44. The Morgan fingerprint density at radius 3 is 2.96 bits per heavy atom. The maximum atomic E-state index is 11.8. The van der Waals surface area contributed by atoms with Crippen molar-refractivity contribution in [3.05, 3.63) is 24.3 Å². The maximum absolute atomic E-state index is 11.8. The van der Waals surface area contributed by atoms with E-state index in [1.165, 1.54) is 6.92 Å². The van der Waals surface area contributed by atoms with Gasteiger partial charge in [0, 0.05) is 37.7 Å². The normalized spacial score (nSPS) is 16.6. The highest BCUT2D eigenvalue weighted by Gasteiger charge is 2.16. The van der Waals surface area contributed by atoms with E-state index in [4.69, 9.17) is 9.47 Å². The second kappa shape index (κ2) is 10.9. The van der Waals surface area contributed by atoms with E-state index in [-0.39, 0.29) is 30.3 Å². The lowest BCUT2D eigenvalue weighted by Gasteiger charge is -2.23. The van der Waals surface area contributed by atoms with Crippen LogP contribution in [0.4, 0.5) is 5.69 Å². The summed E-state index contributed by atoms with van der Waals surface area (Å²) in [6, 6.07) is 7.21. The highest BCUT2D eigenvalue weighted by atomic mass is 35.5. The molecule has 1 unspecified atom stereocenters. The number of morpholine rings is 1. The van der Waals surface area contributed by atoms with Gasteiger partial charge in [0.15, 0.2) is 0 Å². The Morgan fingerprint density at radius 2 is 2.25 bits per heavy atom. The molecule has 0 aromatic heterocycles. The highest BCUT2D eigenvalue weighted by molar-refractivity contribution is 5.88. The van der Waals surface area contributed by atoms with E-state index in [1.54, 1.807) is 24.3 Å². The quantitative estimate of drug-likeness (QED) is 0.632. The molecule has 0 bridgehead atoms. The third-order valence-corrected chi connectivity index (χ3v) is 3.28. The molecule has 2 rings (SSSR count). The van der Waals surface area contributed by atoms with Crippen LogP contribution in [-0.2, 0) is 14.3 Å². The van der Waals surface area contributed by atoms with Gasteiger partial charge < -0.3 is 25.4 Å². The zero-order valence-corrected chi connectivity index (χ0v) is 14.5. The van der Waals surface area contributed by atoms with E-state index in [0.29, 0.717) is 44.2 Å². The Labute approximate surface area is 147 Å². The largest absolute Gasteiger partial charge is 0.492 e. The average Bonchev–Trinajstić information content (AvgIpc) is 2.52. The van der Waals surface area contributed by atoms with Crippen LogP contribution in [0.5, 0.6) is 5.75 Å². The first-order valence-corrected chi connectivity index (χ1v) is 7.72. The summed E-state index contributed by atoms with van der Waals surface area (Å²) in [7, 11) is 0. The Morgan fingerprint density at radius 1 is 1.42 bits per heavy atom. The standard InChI is InChI=1S/C16H23N3O4.ClH/c1-12(20)19-13-3-2-4-15(9-13)23-8-6-18-16(21)10-14-11-22-7-5-17-14;/h2-4,9,14,17H,5-8,10-11H2,1H3,(H,18,21)(H,19,20);1H. The number of carbonyl (C=O) groups excluding carboxylic acids is 2. The summed E-state index contributed by atoms with van der Waals surface area (Å²) in [6.07, 6.45) is 0.401. The molecule has 2 amide bonds.